The van der Waals surface area contributed by atoms with Crippen LogP contribution in [-0.2, 0) is 4.79 Å². The standard InChI is InChI=1S/C12H12BrN3O/c1-16(7-12(14)17)11-4-5-15-10-6-8(13)2-3-9(10)11/h2-6H,7H2,1H3,(H2,14,17). The maximum atomic E-state index is 10.9. The second-order valence-corrected chi connectivity index (χ2v) is 4.73. The van der Waals surface area contributed by atoms with Crippen molar-refractivity contribution in [3.05, 3.63) is 34.9 Å². The molecule has 0 unspecified atom stereocenters. The Bertz CT molecular complexity index is 571. The van der Waals surface area contributed by atoms with Gasteiger partial charge in [-0.2, -0.15) is 0 Å². The molecule has 0 spiro atoms. The summed E-state index contributed by atoms with van der Waals surface area (Å²) in [7, 11) is 1.83. The Morgan fingerprint density at radius 3 is 2.94 bits per heavy atom. The van der Waals surface area contributed by atoms with Gasteiger partial charge in [0.25, 0.3) is 0 Å². The van der Waals surface area contributed by atoms with Gasteiger partial charge in [-0.25, -0.2) is 0 Å². The van der Waals surface area contributed by atoms with Crippen molar-refractivity contribution in [2.75, 3.05) is 18.5 Å². The fourth-order valence-corrected chi connectivity index (χ4v) is 2.11. The summed E-state index contributed by atoms with van der Waals surface area (Å²) in [6.45, 7) is 0.190. The van der Waals surface area contributed by atoms with Gasteiger partial charge < -0.3 is 10.6 Å². The van der Waals surface area contributed by atoms with Crippen molar-refractivity contribution >= 4 is 38.4 Å². The van der Waals surface area contributed by atoms with Crippen LogP contribution in [0.2, 0.25) is 0 Å². The number of anilines is 1. The highest BCUT2D eigenvalue weighted by molar-refractivity contribution is 9.10. The Hall–Kier alpha value is -1.62. The minimum atomic E-state index is -0.352. The summed E-state index contributed by atoms with van der Waals surface area (Å²) in [5.74, 6) is -0.352. The summed E-state index contributed by atoms with van der Waals surface area (Å²) in [6, 6.07) is 7.74. The van der Waals surface area contributed by atoms with E-state index in [1.165, 1.54) is 0 Å². The summed E-state index contributed by atoms with van der Waals surface area (Å²) in [6.07, 6.45) is 1.72. The number of likely N-dealkylation sites (N-methyl/N-ethyl adjacent to an activating group) is 1. The third kappa shape index (κ3) is 2.55. The second-order valence-electron chi connectivity index (χ2n) is 3.81. The molecule has 1 heterocycles. The monoisotopic (exact) mass is 293 g/mol. The van der Waals surface area contributed by atoms with E-state index in [0.717, 1.165) is 21.1 Å². The number of hydrogen-bond acceptors (Lipinski definition) is 3. The van der Waals surface area contributed by atoms with Gasteiger partial charge >= 0.3 is 0 Å². The van der Waals surface area contributed by atoms with Crippen molar-refractivity contribution in [3.8, 4) is 0 Å². The number of aromatic nitrogens is 1. The Morgan fingerprint density at radius 2 is 2.24 bits per heavy atom. The van der Waals surface area contributed by atoms with Gasteiger partial charge in [0.15, 0.2) is 0 Å². The van der Waals surface area contributed by atoms with E-state index in [4.69, 9.17) is 5.73 Å². The third-order valence-corrected chi connectivity index (χ3v) is 2.98. The normalized spacial score (nSPS) is 10.5. The van der Waals surface area contributed by atoms with Crippen LogP contribution < -0.4 is 10.6 Å². The van der Waals surface area contributed by atoms with Crippen LogP contribution in [0.15, 0.2) is 34.9 Å². The molecule has 88 valence electrons. The summed E-state index contributed by atoms with van der Waals surface area (Å²) < 4.78 is 0.979. The number of pyridine rings is 1. The molecular weight excluding hydrogens is 282 g/mol. The smallest absolute Gasteiger partial charge is 0.236 e. The molecule has 17 heavy (non-hydrogen) atoms. The van der Waals surface area contributed by atoms with E-state index in [1.807, 2.05) is 36.2 Å². The molecule has 0 aliphatic heterocycles. The number of nitrogens with two attached hydrogens (primary N) is 1. The molecule has 2 aromatic rings. The molecule has 1 amide bonds. The first-order valence-corrected chi connectivity index (χ1v) is 5.91. The molecule has 0 fully saturated rings. The highest BCUT2D eigenvalue weighted by atomic mass is 79.9. The highest BCUT2D eigenvalue weighted by Gasteiger charge is 2.08. The minimum absolute atomic E-state index is 0.190. The van der Waals surface area contributed by atoms with E-state index >= 15 is 0 Å². The minimum Gasteiger partial charge on any atom is -0.368 e. The maximum absolute atomic E-state index is 10.9. The molecule has 0 saturated carbocycles. The molecule has 1 aromatic carbocycles. The number of carbonyl (C=O) groups excluding carboxylic acids is 1. The summed E-state index contributed by atoms with van der Waals surface area (Å²) >= 11 is 3.41. The molecule has 2 N–H and O–H groups in total. The molecule has 0 aliphatic carbocycles. The lowest BCUT2D eigenvalue weighted by Gasteiger charge is -2.19. The molecule has 0 atom stereocenters. The Labute approximate surface area is 108 Å². The second kappa shape index (κ2) is 4.71. The summed E-state index contributed by atoms with van der Waals surface area (Å²) in [5, 5.41) is 0.999. The average Bonchev–Trinajstić information content (AvgIpc) is 2.26. The van der Waals surface area contributed by atoms with Crippen LogP contribution in [0.25, 0.3) is 10.9 Å². The lowest BCUT2D eigenvalue weighted by molar-refractivity contribution is -0.116. The molecule has 2 rings (SSSR count). The van der Waals surface area contributed by atoms with Crippen molar-refractivity contribution in [1.82, 2.24) is 4.98 Å². The van der Waals surface area contributed by atoms with Crippen molar-refractivity contribution < 1.29 is 4.79 Å². The zero-order valence-electron chi connectivity index (χ0n) is 9.35. The average molecular weight is 294 g/mol. The van der Waals surface area contributed by atoms with Gasteiger partial charge in [0.2, 0.25) is 5.91 Å². The first kappa shape index (κ1) is 11.9. The summed E-state index contributed by atoms with van der Waals surface area (Å²) in [4.78, 5) is 17.0. The fraction of sp³-hybridized carbons (Fsp3) is 0.167. The molecule has 0 saturated heterocycles. The van der Waals surface area contributed by atoms with E-state index in [-0.39, 0.29) is 12.5 Å². The predicted molar refractivity (Wildman–Crippen MR) is 71.9 cm³/mol. The number of halogens is 1. The van der Waals surface area contributed by atoms with E-state index in [9.17, 15) is 4.79 Å². The van der Waals surface area contributed by atoms with Crippen LogP contribution in [0.5, 0.6) is 0 Å². The Balaban J connectivity index is 2.50. The first-order chi connectivity index (χ1) is 8.08. The fourth-order valence-electron chi connectivity index (χ4n) is 1.76. The van der Waals surface area contributed by atoms with E-state index in [0.29, 0.717) is 0 Å². The topological polar surface area (TPSA) is 59.2 Å². The van der Waals surface area contributed by atoms with E-state index in [1.54, 1.807) is 6.20 Å². The number of primary amides is 1. The van der Waals surface area contributed by atoms with Crippen LogP contribution in [0.3, 0.4) is 0 Å². The number of benzene rings is 1. The number of amides is 1. The molecule has 5 heteroatoms. The molecule has 4 nitrogen and oxygen atoms in total. The van der Waals surface area contributed by atoms with E-state index in [2.05, 4.69) is 20.9 Å². The SMILES string of the molecule is CN(CC(N)=O)c1ccnc2cc(Br)ccc12. The van der Waals surface area contributed by atoms with Gasteiger partial charge in [-0.05, 0) is 24.3 Å². The number of carbonyl (C=O) groups is 1. The van der Waals surface area contributed by atoms with Crippen LogP contribution in [-0.4, -0.2) is 24.5 Å². The number of hydrogen-bond donors (Lipinski definition) is 1. The van der Waals surface area contributed by atoms with Gasteiger partial charge in [-0.1, -0.05) is 15.9 Å². The number of nitrogens with zero attached hydrogens (tertiary/aromatic N) is 2. The summed E-state index contributed by atoms with van der Waals surface area (Å²) in [5.41, 5.74) is 7.02. The molecule has 0 bridgehead atoms. The Kier molecular flexibility index (Phi) is 3.28. The largest absolute Gasteiger partial charge is 0.368 e. The lowest BCUT2D eigenvalue weighted by Crippen LogP contribution is -2.30. The number of rotatable bonds is 3. The highest BCUT2D eigenvalue weighted by Crippen LogP contribution is 2.26. The van der Waals surface area contributed by atoms with Crippen molar-refractivity contribution in [1.29, 1.82) is 0 Å². The van der Waals surface area contributed by atoms with Crippen molar-refractivity contribution in [2.45, 2.75) is 0 Å². The van der Waals surface area contributed by atoms with Crippen LogP contribution in [0.4, 0.5) is 5.69 Å². The van der Waals surface area contributed by atoms with Gasteiger partial charge in [0, 0.05) is 28.8 Å². The third-order valence-electron chi connectivity index (χ3n) is 2.49. The van der Waals surface area contributed by atoms with Crippen LogP contribution in [0.1, 0.15) is 0 Å². The van der Waals surface area contributed by atoms with Gasteiger partial charge in [-0.15, -0.1) is 0 Å². The molecule has 0 aliphatic rings. The zero-order chi connectivity index (χ0) is 12.4. The van der Waals surface area contributed by atoms with Gasteiger partial charge in [0.1, 0.15) is 0 Å². The van der Waals surface area contributed by atoms with Crippen molar-refractivity contribution in [2.24, 2.45) is 5.73 Å². The van der Waals surface area contributed by atoms with Gasteiger partial charge in [-0.3, -0.25) is 9.78 Å². The zero-order valence-corrected chi connectivity index (χ0v) is 10.9. The first-order valence-electron chi connectivity index (χ1n) is 5.11. The van der Waals surface area contributed by atoms with Crippen molar-refractivity contribution in [3.63, 3.8) is 0 Å². The predicted octanol–water partition coefficient (Wildman–Crippen LogP) is 1.92. The molecule has 1 aromatic heterocycles. The van der Waals surface area contributed by atoms with Crippen LogP contribution >= 0.6 is 15.9 Å². The lowest BCUT2D eigenvalue weighted by atomic mass is 10.2. The maximum Gasteiger partial charge on any atom is 0.236 e. The Morgan fingerprint density at radius 1 is 1.47 bits per heavy atom. The molecular formula is C12H12BrN3O. The number of fused-ring (bicyclic) bond motifs is 1. The quantitative estimate of drug-likeness (QED) is 0.941. The van der Waals surface area contributed by atoms with Gasteiger partial charge in [0.05, 0.1) is 12.1 Å². The van der Waals surface area contributed by atoms with Crippen LogP contribution in [0, 0.1) is 0 Å². The molecule has 0 radical (unpaired) electrons. The van der Waals surface area contributed by atoms with E-state index < -0.39 is 0 Å².